The average Bonchev–Trinajstić information content (AvgIpc) is 3.34. The zero-order valence-electron chi connectivity index (χ0n) is 15.1. The van der Waals surface area contributed by atoms with Crippen LogP contribution in [0.5, 0.6) is 0 Å². The summed E-state index contributed by atoms with van der Waals surface area (Å²) in [6.45, 7) is 0.242. The number of hydrogen-bond donors (Lipinski definition) is 2. The van der Waals surface area contributed by atoms with Crippen molar-refractivity contribution in [2.75, 3.05) is 0 Å². The lowest BCUT2D eigenvalue weighted by Gasteiger charge is -2.10. The van der Waals surface area contributed by atoms with Crippen molar-refractivity contribution in [2.45, 2.75) is 6.54 Å². The van der Waals surface area contributed by atoms with Gasteiger partial charge >= 0.3 is 0 Å². The van der Waals surface area contributed by atoms with E-state index < -0.39 is 0 Å². The molecule has 0 bridgehead atoms. The monoisotopic (exact) mass is 371 g/mol. The highest BCUT2D eigenvalue weighted by molar-refractivity contribution is 5.93. The van der Waals surface area contributed by atoms with Gasteiger partial charge in [-0.1, -0.05) is 6.07 Å². The van der Waals surface area contributed by atoms with E-state index in [1.165, 1.54) is 0 Å². The Hall–Kier alpha value is -3.78. The van der Waals surface area contributed by atoms with Crippen molar-refractivity contribution in [1.29, 1.82) is 0 Å². The molecule has 4 aromatic heterocycles. The van der Waals surface area contributed by atoms with Gasteiger partial charge in [0.15, 0.2) is 0 Å². The molecule has 138 valence electrons. The number of nitrogens with two attached hydrogens (primary N) is 1. The summed E-state index contributed by atoms with van der Waals surface area (Å²) >= 11 is 0. The molecule has 0 aliphatic heterocycles. The van der Waals surface area contributed by atoms with Crippen LogP contribution in [-0.4, -0.2) is 29.4 Å². The van der Waals surface area contributed by atoms with Crippen molar-refractivity contribution in [2.24, 2.45) is 12.8 Å². The van der Waals surface area contributed by atoms with Crippen LogP contribution in [0.2, 0.25) is 0 Å². The van der Waals surface area contributed by atoms with E-state index in [2.05, 4.69) is 26.3 Å². The van der Waals surface area contributed by atoms with Gasteiger partial charge in [-0.25, -0.2) is 10.1 Å². The van der Waals surface area contributed by atoms with E-state index in [0.717, 1.165) is 33.3 Å². The maximum atomic E-state index is 12.1. The van der Waals surface area contributed by atoms with Gasteiger partial charge in [-0.2, -0.15) is 10.2 Å². The summed E-state index contributed by atoms with van der Waals surface area (Å²) in [5.74, 6) is 0. The Bertz CT molecular complexity index is 1390. The summed E-state index contributed by atoms with van der Waals surface area (Å²) < 4.78 is 3.82. The van der Waals surface area contributed by atoms with Crippen molar-refractivity contribution in [3.63, 3.8) is 0 Å². The standard InChI is InChI=1S/C20H17N7O/c1-26-19(14-3-2-6-27-11-22-10-18(14)27)16(9-23-26)12-4-5-13-15(7-12)17(8-21)24-25-20(13)28/h2-7,9-11H,8,21H2,1H3,(H,25,28). The van der Waals surface area contributed by atoms with Gasteiger partial charge in [-0.05, 0) is 29.8 Å². The summed E-state index contributed by atoms with van der Waals surface area (Å²) in [5, 5.41) is 12.4. The number of aromatic amines is 1. The molecule has 0 radical (unpaired) electrons. The van der Waals surface area contributed by atoms with E-state index in [1.807, 2.05) is 52.9 Å². The number of aromatic nitrogens is 6. The van der Waals surface area contributed by atoms with E-state index in [-0.39, 0.29) is 12.1 Å². The van der Waals surface area contributed by atoms with Crippen molar-refractivity contribution in [1.82, 2.24) is 29.4 Å². The van der Waals surface area contributed by atoms with Gasteiger partial charge in [0.1, 0.15) is 0 Å². The Kier molecular flexibility index (Phi) is 3.59. The second kappa shape index (κ2) is 6.14. The molecule has 0 fully saturated rings. The number of fused-ring (bicyclic) bond motifs is 2. The lowest BCUT2D eigenvalue weighted by molar-refractivity contribution is 0.776. The Morgan fingerprint density at radius 1 is 1.14 bits per heavy atom. The summed E-state index contributed by atoms with van der Waals surface area (Å²) in [5.41, 5.74) is 11.1. The molecule has 28 heavy (non-hydrogen) atoms. The fourth-order valence-electron chi connectivity index (χ4n) is 3.66. The topological polar surface area (TPSA) is 107 Å². The maximum Gasteiger partial charge on any atom is 0.272 e. The van der Waals surface area contributed by atoms with Crippen LogP contribution >= 0.6 is 0 Å². The molecule has 3 N–H and O–H groups in total. The zero-order valence-corrected chi connectivity index (χ0v) is 15.1. The summed E-state index contributed by atoms with van der Waals surface area (Å²) in [6, 6.07) is 9.72. The molecular weight excluding hydrogens is 354 g/mol. The largest absolute Gasteiger partial charge is 0.325 e. The lowest BCUT2D eigenvalue weighted by Crippen LogP contribution is -2.13. The smallest absolute Gasteiger partial charge is 0.272 e. The molecule has 4 heterocycles. The number of imidazole rings is 1. The Morgan fingerprint density at radius 2 is 2.04 bits per heavy atom. The number of nitrogens with one attached hydrogen (secondary N) is 1. The molecule has 0 spiro atoms. The number of H-pyrrole nitrogens is 1. The number of rotatable bonds is 3. The van der Waals surface area contributed by atoms with Gasteiger partial charge in [-0.3, -0.25) is 9.48 Å². The van der Waals surface area contributed by atoms with E-state index in [9.17, 15) is 4.79 Å². The van der Waals surface area contributed by atoms with Gasteiger partial charge in [0.2, 0.25) is 0 Å². The molecule has 0 saturated heterocycles. The number of benzene rings is 1. The van der Waals surface area contributed by atoms with Crippen molar-refractivity contribution in [3.8, 4) is 22.4 Å². The lowest BCUT2D eigenvalue weighted by atomic mass is 9.98. The summed E-state index contributed by atoms with van der Waals surface area (Å²) in [6.07, 6.45) is 7.40. The SMILES string of the molecule is Cn1ncc(-c2ccc3c(=O)[nH]nc(CN)c3c2)c1-c1cccn2cncc12. The molecule has 0 aliphatic carbocycles. The van der Waals surface area contributed by atoms with E-state index in [4.69, 9.17) is 5.73 Å². The molecule has 5 rings (SSSR count). The van der Waals surface area contributed by atoms with Gasteiger partial charge in [-0.15, -0.1) is 0 Å². The van der Waals surface area contributed by atoms with Crippen molar-refractivity contribution < 1.29 is 0 Å². The van der Waals surface area contributed by atoms with Gasteiger partial charge in [0, 0.05) is 36.3 Å². The first-order valence-corrected chi connectivity index (χ1v) is 8.82. The van der Waals surface area contributed by atoms with Crippen molar-refractivity contribution >= 4 is 16.3 Å². The Balaban J connectivity index is 1.78. The molecule has 0 saturated carbocycles. The highest BCUT2D eigenvalue weighted by Crippen LogP contribution is 2.35. The Morgan fingerprint density at radius 3 is 2.89 bits per heavy atom. The minimum Gasteiger partial charge on any atom is -0.325 e. The third-order valence-corrected chi connectivity index (χ3v) is 5.02. The van der Waals surface area contributed by atoms with Crippen LogP contribution in [0.3, 0.4) is 0 Å². The molecule has 0 aliphatic rings. The van der Waals surface area contributed by atoms with Gasteiger partial charge in [0.25, 0.3) is 5.56 Å². The number of pyridine rings is 1. The fourth-order valence-corrected chi connectivity index (χ4v) is 3.66. The van der Waals surface area contributed by atoms with Crippen molar-refractivity contribution in [3.05, 3.63) is 71.3 Å². The molecule has 1 aromatic carbocycles. The van der Waals surface area contributed by atoms with Crippen LogP contribution in [-0.2, 0) is 13.6 Å². The first-order valence-electron chi connectivity index (χ1n) is 8.82. The van der Waals surface area contributed by atoms with Gasteiger partial charge < -0.3 is 10.1 Å². The normalized spacial score (nSPS) is 11.5. The second-order valence-corrected chi connectivity index (χ2v) is 6.60. The van der Waals surface area contributed by atoms with Gasteiger partial charge in [0.05, 0.1) is 41.0 Å². The number of nitrogens with zero attached hydrogens (tertiary/aromatic N) is 5. The minimum absolute atomic E-state index is 0.228. The molecule has 0 atom stereocenters. The van der Waals surface area contributed by atoms with Crippen LogP contribution in [0.4, 0.5) is 0 Å². The van der Waals surface area contributed by atoms with Crippen LogP contribution in [0.25, 0.3) is 38.7 Å². The minimum atomic E-state index is -0.228. The average molecular weight is 371 g/mol. The zero-order chi connectivity index (χ0) is 19.3. The van der Waals surface area contributed by atoms with Crippen LogP contribution < -0.4 is 11.3 Å². The fraction of sp³-hybridized carbons (Fsp3) is 0.100. The Labute approximate surface area is 159 Å². The summed E-state index contributed by atoms with van der Waals surface area (Å²) in [7, 11) is 1.91. The molecular formula is C20H17N7O. The highest BCUT2D eigenvalue weighted by Gasteiger charge is 2.17. The molecule has 5 aromatic rings. The first-order chi connectivity index (χ1) is 13.7. The van der Waals surface area contributed by atoms with Crippen LogP contribution in [0, 0.1) is 0 Å². The van der Waals surface area contributed by atoms with Crippen LogP contribution in [0.1, 0.15) is 5.69 Å². The number of aryl methyl sites for hydroxylation is 1. The van der Waals surface area contributed by atoms with E-state index in [1.54, 1.807) is 12.4 Å². The predicted octanol–water partition coefficient (Wildman–Crippen LogP) is 2.10. The van der Waals surface area contributed by atoms with E-state index in [0.29, 0.717) is 11.1 Å². The number of hydrogen-bond acceptors (Lipinski definition) is 5. The molecule has 0 amide bonds. The quantitative estimate of drug-likeness (QED) is 0.505. The third kappa shape index (κ3) is 2.35. The maximum absolute atomic E-state index is 12.1. The second-order valence-electron chi connectivity index (χ2n) is 6.60. The molecule has 0 unspecified atom stereocenters. The van der Waals surface area contributed by atoms with E-state index >= 15 is 0 Å². The summed E-state index contributed by atoms with van der Waals surface area (Å²) in [4.78, 5) is 16.4. The highest BCUT2D eigenvalue weighted by atomic mass is 16.1. The molecule has 8 nitrogen and oxygen atoms in total. The van der Waals surface area contributed by atoms with Crippen LogP contribution in [0.15, 0.2) is 60.0 Å². The first kappa shape index (κ1) is 16.4. The molecule has 8 heteroatoms. The third-order valence-electron chi connectivity index (χ3n) is 5.02. The predicted molar refractivity (Wildman–Crippen MR) is 107 cm³/mol.